The van der Waals surface area contributed by atoms with E-state index in [0.29, 0.717) is 10.8 Å². The summed E-state index contributed by atoms with van der Waals surface area (Å²) in [6.07, 6.45) is 3.83. The molecule has 3 heteroatoms. The van der Waals surface area contributed by atoms with E-state index in [2.05, 4.69) is 0 Å². The maximum Gasteiger partial charge on any atom is 0.137 e. The first-order valence-electron chi connectivity index (χ1n) is 5.22. The zero-order valence-electron chi connectivity index (χ0n) is 8.79. The highest BCUT2D eigenvalue weighted by Gasteiger charge is 2.33. The molecule has 0 heterocycles. The van der Waals surface area contributed by atoms with Crippen LogP contribution in [0.4, 0.5) is 0 Å². The van der Waals surface area contributed by atoms with E-state index in [1.165, 1.54) is 0 Å². The van der Waals surface area contributed by atoms with Gasteiger partial charge in [-0.2, -0.15) is 0 Å². The lowest BCUT2D eigenvalue weighted by Gasteiger charge is -2.23. The number of aliphatic hydroxyl groups is 1. The van der Waals surface area contributed by atoms with E-state index in [1.807, 2.05) is 12.1 Å². The average molecular weight is 227 g/mol. The third kappa shape index (κ3) is 1.97. The van der Waals surface area contributed by atoms with E-state index in [0.717, 1.165) is 31.2 Å². The fourth-order valence-electron chi connectivity index (χ4n) is 2.20. The molecule has 1 N–H and O–H groups in total. The van der Waals surface area contributed by atoms with E-state index in [9.17, 15) is 5.11 Å². The first kappa shape index (κ1) is 10.8. The molecule has 1 aliphatic rings. The Labute approximate surface area is 94.8 Å². The van der Waals surface area contributed by atoms with Gasteiger partial charge >= 0.3 is 0 Å². The van der Waals surface area contributed by atoms with Crippen molar-refractivity contribution in [2.45, 2.75) is 31.3 Å². The summed E-state index contributed by atoms with van der Waals surface area (Å²) < 4.78 is 5.15. The Morgan fingerprint density at radius 2 is 2.00 bits per heavy atom. The number of hydrogen-bond donors (Lipinski definition) is 1. The van der Waals surface area contributed by atoms with Crippen molar-refractivity contribution in [2.75, 3.05) is 7.11 Å². The predicted octanol–water partition coefficient (Wildman–Crippen LogP) is 3.11. The van der Waals surface area contributed by atoms with Crippen LogP contribution >= 0.6 is 11.6 Å². The minimum atomic E-state index is -0.669. The van der Waals surface area contributed by atoms with Crippen LogP contribution < -0.4 is 4.74 Å². The molecule has 1 aliphatic carbocycles. The summed E-state index contributed by atoms with van der Waals surface area (Å²) in [4.78, 5) is 0. The normalized spacial score (nSPS) is 19.1. The highest BCUT2D eigenvalue weighted by atomic mass is 35.5. The molecule has 1 saturated carbocycles. The van der Waals surface area contributed by atoms with Gasteiger partial charge in [0.1, 0.15) is 5.75 Å². The second-order valence-corrected chi connectivity index (χ2v) is 4.50. The summed E-state index contributed by atoms with van der Waals surface area (Å²) in [6, 6.07) is 5.51. The Morgan fingerprint density at radius 3 is 2.60 bits per heavy atom. The molecule has 0 saturated heterocycles. The standard InChI is InChI=1S/C12H15ClO2/c1-15-11-8-9(4-5-10(11)13)12(14)6-2-3-7-12/h4-5,8,14H,2-3,6-7H2,1H3. The van der Waals surface area contributed by atoms with E-state index in [-0.39, 0.29) is 0 Å². The molecular weight excluding hydrogens is 212 g/mol. The third-order valence-electron chi connectivity index (χ3n) is 3.12. The molecule has 0 atom stereocenters. The van der Waals surface area contributed by atoms with Crippen LogP contribution in [0, 0.1) is 0 Å². The van der Waals surface area contributed by atoms with Crippen molar-refractivity contribution in [1.82, 2.24) is 0 Å². The summed E-state index contributed by atoms with van der Waals surface area (Å²) in [5, 5.41) is 11.0. The minimum absolute atomic E-state index is 0.586. The number of benzene rings is 1. The summed E-state index contributed by atoms with van der Waals surface area (Å²) >= 11 is 5.94. The summed E-state index contributed by atoms with van der Waals surface area (Å²) in [7, 11) is 1.59. The van der Waals surface area contributed by atoms with Gasteiger partial charge in [0, 0.05) is 0 Å². The summed E-state index contributed by atoms with van der Waals surface area (Å²) in [5.41, 5.74) is 0.249. The van der Waals surface area contributed by atoms with Gasteiger partial charge in [0.2, 0.25) is 0 Å². The lowest BCUT2D eigenvalue weighted by atomic mass is 9.92. The zero-order chi connectivity index (χ0) is 10.9. The van der Waals surface area contributed by atoms with Crippen molar-refractivity contribution in [3.63, 3.8) is 0 Å². The highest BCUT2D eigenvalue weighted by molar-refractivity contribution is 6.32. The summed E-state index contributed by atoms with van der Waals surface area (Å²) in [6.45, 7) is 0. The van der Waals surface area contributed by atoms with Crippen LogP contribution in [-0.2, 0) is 5.60 Å². The molecular formula is C12H15ClO2. The number of halogens is 1. The zero-order valence-corrected chi connectivity index (χ0v) is 9.55. The minimum Gasteiger partial charge on any atom is -0.495 e. The van der Waals surface area contributed by atoms with Crippen LogP contribution in [0.2, 0.25) is 5.02 Å². The highest BCUT2D eigenvalue weighted by Crippen LogP contribution is 2.40. The molecule has 0 radical (unpaired) electrons. The number of methoxy groups -OCH3 is 1. The number of ether oxygens (including phenoxy) is 1. The largest absolute Gasteiger partial charge is 0.495 e. The maximum atomic E-state index is 10.4. The Balaban J connectivity index is 2.36. The molecule has 0 aliphatic heterocycles. The second kappa shape index (κ2) is 4.03. The Morgan fingerprint density at radius 1 is 1.33 bits per heavy atom. The van der Waals surface area contributed by atoms with Gasteiger partial charge in [-0.15, -0.1) is 0 Å². The molecule has 15 heavy (non-hydrogen) atoms. The fourth-order valence-corrected chi connectivity index (χ4v) is 2.39. The van der Waals surface area contributed by atoms with Crippen LogP contribution in [-0.4, -0.2) is 12.2 Å². The van der Waals surface area contributed by atoms with Gasteiger partial charge < -0.3 is 9.84 Å². The van der Waals surface area contributed by atoms with E-state index in [1.54, 1.807) is 13.2 Å². The van der Waals surface area contributed by atoms with Crippen molar-refractivity contribution in [3.8, 4) is 5.75 Å². The van der Waals surface area contributed by atoms with Crippen molar-refractivity contribution in [3.05, 3.63) is 28.8 Å². The third-order valence-corrected chi connectivity index (χ3v) is 3.43. The van der Waals surface area contributed by atoms with E-state index < -0.39 is 5.60 Å². The fraction of sp³-hybridized carbons (Fsp3) is 0.500. The molecule has 82 valence electrons. The maximum absolute atomic E-state index is 10.4. The molecule has 1 aromatic carbocycles. The van der Waals surface area contributed by atoms with Gasteiger partial charge in [0.05, 0.1) is 17.7 Å². The smallest absolute Gasteiger partial charge is 0.137 e. The Hall–Kier alpha value is -0.730. The van der Waals surface area contributed by atoms with Crippen molar-refractivity contribution >= 4 is 11.6 Å². The first-order valence-corrected chi connectivity index (χ1v) is 5.60. The number of rotatable bonds is 2. The molecule has 0 unspecified atom stereocenters. The van der Waals surface area contributed by atoms with Crippen molar-refractivity contribution < 1.29 is 9.84 Å². The van der Waals surface area contributed by atoms with Gasteiger partial charge in [-0.25, -0.2) is 0 Å². The monoisotopic (exact) mass is 226 g/mol. The van der Waals surface area contributed by atoms with Crippen LogP contribution in [0.3, 0.4) is 0 Å². The second-order valence-electron chi connectivity index (χ2n) is 4.09. The van der Waals surface area contributed by atoms with Crippen molar-refractivity contribution in [1.29, 1.82) is 0 Å². The number of hydrogen-bond acceptors (Lipinski definition) is 2. The van der Waals surface area contributed by atoms with Gasteiger partial charge in [0.25, 0.3) is 0 Å². The van der Waals surface area contributed by atoms with Gasteiger partial charge in [-0.3, -0.25) is 0 Å². The first-order chi connectivity index (χ1) is 7.15. The molecule has 0 aromatic heterocycles. The topological polar surface area (TPSA) is 29.5 Å². The van der Waals surface area contributed by atoms with Gasteiger partial charge in [0.15, 0.2) is 0 Å². The van der Waals surface area contributed by atoms with Crippen LogP contribution in [0.25, 0.3) is 0 Å². The average Bonchev–Trinajstić information content (AvgIpc) is 2.67. The lowest BCUT2D eigenvalue weighted by molar-refractivity contribution is 0.0442. The lowest BCUT2D eigenvalue weighted by Crippen LogP contribution is -2.20. The molecule has 0 spiro atoms. The Bertz CT molecular complexity index is 357. The molecule has 0 bridgehead atoms. The molecule has 2 rings (SSSR count). The van der Waals surface area contributed by atoms with Crippen LogP contribution in [0.1, 0.15) is 31.2 Å². The molecule has 1 fully saturated rings. The summed E-state index contributed by atoms with van der Waals surface area (Å²) in [5.74, 6) is 0.634. The predicted molar refractivity (Wildman–Crippen MR) is 60.4 cm³/mol. The SMILES string of the molecule is COc1cc(C2(O)CCCC2)ccc1Cl. The molecule has 1 aromatic rings. The quantitative estimate of drug-likeness (QED) is 0.840. The molecule has 2 nitrogen and oxygen atoms in total. The van der Waals surface area contributed by atoms with Crippen LogP contribution in [0.5, 0.6) is 5.75 Å². The van der Waals surface area contributed by atoms with Crippen LogP contribution in [0.15, 0.2) is 18.2 Å². The van der Waals surface area contributed by atoms with Gasteiger partial charge in [-0.1, -0.05) is 30.5 Å². The van der Waals surface area contributed by atoms with Gasteiger partial charge in [-0.05, 0) is 30.5 Å². The Kier molecular flexibility index (Phi) is 2.89. The van der Waals surface area contributed by atoms with E-state index in [4.69, 9.17) is 16.3 Å². The van der Waals surface area contributed by atoms with Crippen molar-refractivity contribution in [2.24, 2.45) is 0 Å². The van der Waals surface area contributed by atoms with E-state index >= 15 is 0 Å². The molecule has 0 amide bonds.